The van der Waals surface area contributed by atoms with Crippen molar-refractivity contribution in [2.45, 2.75) is 17.0 Å². The van der Waals surface area contributed by atoms with Gasteiger partial charge in [0.2, 0.25) is 0 Å². The number of aromatic nitrogens is 1. The Balaban J connectivity index is 2.76. The molecule has 5 nitrogen and oxygen atoms in total. The lowest BCUT2D eigenvalue weighted by Crippen LogP contribution is -2.26. The van der Waals surface area contributed by atoms with Gasteiger partial charge in [-0.3, -0.25) is 9.59 Å². The van der Waals surface area contributed by atoms with Gasteiger partial charge in [-0.25, -0.2) is 4.98 Å². The Morgan fingerprint density at radius 3 is 2.68 bits per heavy atom. The molecule has 0 unspecified atom stereocenters. The minimum atomic E-state index is -4.55. The van der Waals surface area contributed by atoms with Gasteiger partial charge < -0.3 is 10.4 Å². The Kier molecular flexibility index (Phi) is 5.16. The number of carboxylic acids is 1. The van der Waals surface area contributed by atoms with Crippen LogP contribution < -0.4 is 5.32 Å². The molecule has 1 aromatic heterocycles. The third-order valence-electron chi connectivity index (χ3n) is 1.85. The molecule has 0 aliphatic heterocycles. The summed E-state index contributed by atoms with van der Waals surface area (Å²) in [7, 11) is 0. The second kappa shape index (κ2) is 6.41. The third kappa shape index (κ3) is 5.60. The molecule has 0 atom stereocenters. The van der Waals surface area contributed by atoms with Gasteiger partial charge in [-0.1, -0.05) is 0 Å². The number of carbonyl (C=O) groups is 2. The molecule has 0 radical (unpaired) electrons. The zero-order valence-electron chi connectivity index (χ0n) is 9.40. The van der Waals surface area contributed by atoms with Crippen LogP contribution in [0.15, 0.2) is 23.4 Å². The van der Waals surface area contributed by atoms with Gasteiger partial charge in [-0.2, -0.15) is 13.2 Å². The van der Waals surface area contributed by atoms with Crippen LogP contribution >= 0.6 is 11.8 Å². The number of aliphatic carboxylic acids is 1. The van der Waals surface area contributed by atoms with E-state index in [9.17, 15) is 22.8 Å². The minimum absolute atomic E-state index is 0.167. The number of halogens is 3. The first kappa shape index (κ1) is 15.3. The standard InChI is InChI=1S/C10H9F3N2O3S/c11-10(12,13)19-9-6(2-1-4-15-9)8(18)14-5-3-7(16)17/h1-2,4H,3,5H2,(H,14,18)(H,16,17). The maximum Gasteiger partial charge on any atom is 0.447 e. The Bertz CT molecular complexity index is 479. The number of hydrogen-bond acceptors (Lipinski definition) is 4. The molecular weight excluding hydrogens is 285 g/mol. The molecule has 19 heavy (non-hydrogen) atoms. The Morgan fingerprint density at radius 1 is 1.42 bits per heavy atom. The molecule has 0 aliphatic carbocycles. The van der Waals surface area contributed by atoms with Crippen LogP contribution in [0, 0.1) is 0 Å². The molecule has 9 heteroatoms. The third-order valence-corrected chi connectivity index (χ3v) is 2.60. The highest BCUT2D eigenvalue weighted by atomic mass is 32.2. The van der Waals surface area contributed by atoms with E-state index in [1.165, 1.54) is 12.1 Å². The van der Waals surface area contributed by atoms with Crippen molar-refractivity contribution < 1.29 is 27.9 Å². The van der Waals surface area contributed by atoms with Crippen molar-refractivity contribution in [2.75, 3.05) is 6.54 Å². The van der Waals surface area contributed by atoms with Crippen LogP contribution in [0.1, 0.15) is 16.8 Å². The summed E-state index contributed by atoms with van der Waals surface area (Å²) in [6.45, 7) is -0.167. The number of thioether (sulfide) groups is 1. The quantitative estimate of drug-likeness (QED) is 0.811. The van der Waals surface area contributed by atoms with Crippen LogP contribution in [0.4, 0.5) is 13.2 Å². The van der Waals surface area contributed by atoms with Gasteiger partial charge in [0.25, 0.3) is 5.91 Å². The maximum atomic E-state index is 12.3. The van der Waals surface area contributed by atoms with Crippen molar-refractivity contribution in [1.82, 2.24) is 10.3 Å². The molecule has 0 aliphatic rings. The van der Waals surface area contributed by atoms with Crippen molar-refractivity contribution in [3.05, 3.63) is 23.9 Å². The van der Waals surface area contributed by atoms with E-state index in [1.807, 2.05) is 0 Å². The molecule has 104 valence electrons. The molecule has 1 aromatic rings. The van der Waals surface area contributed by atoms with Gasteiger partial charge in [-0.05, 0) is 12.1 Å². The van der Waals surface area contributed by atoms with Crippen molar-refractivity contribution in [3.63, 3.8) is 0 Å². The molecular formula is C10H9F3N2O3S. The monoisotopic (exact) mass is 294 g/mol. The fraction of sp³-hybridized carbons (Fsp3) is 0.300. The smallest absolute Gasteiger partial charge is 0.447 e. The average molecular weight is 294 g/mol. The summed E-state index contributed by atoms with van der Waals surface area (Å²) in [4.78, 5) is 25.4. The number of rotatable bonds is 5. The molecule has 2 N–H and O–H groups in total. The summed E-state index contributed by atoms with van der Waals surface area (Å²) in [6.07, 6.45) is 0.829. The summed E-state index contributed by atoms with van der Waals surface area (Å²) in [5.74, 6) is -1.91. The van der Waals surface area contributed by atoms with Crippen molar-refractivity contribution in [1.29, 1.82) is 0 Å². The molecule has 1 heterocycles. The summed E-state index contributed by atoms with van der Waals surface area (Å²) >= 11 is -0.493. The van der Waals surface area contributed by atoms with Crippen molar-refractivity contribution in [3.8, 4) is 0 Å². The van der Waals surface area contributed by atoms with Gasteiger partial charge >= 0.3 is 11.5 Å². The van der Waals surface area contributed by atoms with Crippen LogP contribution in [-0.2, 0) is 4.79 Å². The van der Waals surface area contributed by atoms with Gasteiger partial charge in [0.15, 0.2) is 0 Å². The Hall–Kier alpha value is -1.77. The first-order valence-electron chi connectivity index (χ1n) is 5.00. The van der Waals surface area contributed by atoms with Gasteiger partial charge in [0.05, 0.1) is 12.0 Å². The van der Waals surface area contributed by atoms with Crippen LogP contribution in [-0.4, -0.2) is 34.0 Å². The molecule has 0 fully saturated rings. The molecule has 1 rings (SSSR count). The molecule has 0 spiro atoms. The number of carboxylic acid groups (broad SMARTS) is 1. The fourth-order valence-corrected chi connectivity index (χ4v) is 1.74. The highest BCUT2D eigenvalue weighted by Crippen LogP contribution is 2.37. The number of carbonyl (C=O) groups excluding carboxylic acids is 1. The Labute approximate surface area is 110 Å². The van der Waals surface area contributed by atoms with Crippen molar-refractivity contribution >= 4 is 23.6 Å². The van der Waals surface area contributed by atoms with E-state index in [1.54, 1.807) is 0 Å². The number of nitrogens with one attached hydrogen (secondary N) is 1. The summed E-state index contributed by atoms with van der Waals surface area (Å²) in [6, 6.07) is 2.52. The lowest BCUT2D eigenvalue weighted by Gasteiger charge is -2.09. The first-order valence-corrected chi connectivity index (χ1v) is 5.82. The number of nitrogens with zero attached hydrogens (tertiary/aromatic N) is 1. The van der Waals surface area contributed by atoms with E-state index < -0.39 is 34.2 Å². The predicted molar refractivity (Wildman–Crippen MR) is 60.7 cm³/mol. The highest BCUT2D eigenvalue weighted by Gasteiger charge is 2.32. The number of amides is 1. The topological polar surface area (TPSA) is 79.3 Å². The molecule has 0 aromatic carbocycles. The molecule has 0 bridgehead atoms. The first-order chi connectivity index (χ1) is 8.79. The van der Waals surface area contributed by atoms with E-state index in [-0.39, 0.29) is 18.5 Å². The predicted octanol–water partition coefficient (Wildman–Crippen LogP) is 1.90. The molecule has 0 saturated heterocycles. The van der Waals surface area contributed by atoms with E-state index in [0.29, 0.717) is 0 Å². The van der Waals surface area contributed by atoms with E-state index in [4.69, 9.17) is 5.11 Å². The van der Waals surface area contributed by atoms with Crippen molar-refractivity contribution in [2.24, 2.45) is 0 Å². The lowest BCUT2D eigenvalue weighted by molar-refractivity contribution is -0.136. The SMILES string of the molecule is O=C(O)CCNC(=O)c1cccnc1SC(F)(F)F. The second-order valence-electron chi connectivity index (χ2n) is 3.30. The van der Waals surface area contributed by atoms with E-state index >= 15 is 0 Å². The summed E-state index contributed by atoms with van der Waals surface area (Å²) in [5, 5.41) is 10.1. The lowest BCUT2D eigenvalue weighted by atomic mass is 10.2. The largest absolute Gasteiger partial charge is 0.481 e. The van der Waals surface area contributed by atoms with Gasteiger partial charge in [-0.15, -0.1) is 0 Å². The van der Waals surface area contributed by atoms with Crippen LogP contribution in [0.3, 0.4) is 0 Å². The van der Waals surface area contributed by atoms with Crippen LogP contribution in [0.5, 0.6) is 0 Å². The second-order valence-corrected chi connectivity index (χ2v) is 4.36. The minimum Gasteiger partial charge on any atom is -0.481 e. The van der Waals surface area contributed by atoms with E-state index in [2.05, 4.69) is 10.3 Å². The van der Waals surface area contributed by atoms with E-state index in [0.717, 1.165) is 6.20 Å². The van der Waals surface area contributed by atoms with Gasteiger partial charge in [0.1, 0.15) is 5.03 Å². The molecule has 1 amide bonds. The molecule has 0 saturated carbocycles. The average Bonchev–Trinajstić information content (AvgIpc) is 2.26. The zero-order valence-corrected chi connectivity index (χ0v) is 10.2. The number of pyridine rings is 1. The fourth-order valence-electron chi connectivity index (χ4n) is 1.13. The van der Waals surface area contributed by atoms with Gasteiger partial charge in [0, 0.05) is 24.5 Å². The summed E-state index contributed by atoms with van der Waals surface area (Å²) < 4.78 is 36.8. The zero-order chi connectivity index (χ0) is 14.5. The highest BCUT2D eigenvalue weighted by molar-refractivity contribution is 8.00. The number of hydrogen-bond donors (Lipinski definition) is 2. The summed E-state index contributed by atoms with van der Waals surface area (Å²) in [5.41, 5.74) is -4.79. The normalized spacial score (nSPS) is 11.1. The maximum absolute atomic E-state index is 12.3. The van der Waals surface area contributed by atoms with Crippen LogP contribution in [0.2, 0.25) is 0 Å². The van der Waals surface area contributed by atoms with Crippen LogP contribution in [0.25, 0.3) is 0 Å². The Morgan fingerprint density at radius 2 is 2.11 bits per heavy atom. The number of alkyl halides is 3.